The van der Waals surface area contributed by atoms with Crippen molar-refractivity contribution in [3.8, 4) is 5.69 Å². The topological polar surface area (TPSA) is 64.0 Å². The van der Waals surface area contributed by atoms with E-state index in [0.29, 0.717) is 11.4 Å². The standard InChI is InChI=1S/C18H18FN3O2S/c1-12-8-10-15(11-9-12)22-14(3)18(13(2)20-22)25(23,24)21-17-7-5-4-6-16(17)19/h4-11,21H,1-3H3. The largest absolute Gasteiger partial charge is 0.277 e. The normalized spacial score (nSPS) is 11.5. The number of anilines is 1. The zero-order chi connectivity index (χ0) is 18.2. The Balaban J connectivity index is 2.05. The molecular weight excluding hydrogens is 341 g/mol. The predicted molar refractivity (Wildman–Crippen MR) is 95.0 cm³/mol. The smallest absolute Gasteiger partial charge is 0.265 e. The van der Waals surface area contributed by atoms with Crippen LogP contribution in [0, 0.1) is 26.6 Å². The van der Waals surface area contributed by atoms with E-state index in [1.54, 1.807) is 24.6 Å². The number of para-hydroxylation sites is 1. The minimum Gasteiger partial charge on any atom is -0.277 e. The number of sulfonamides is 1. The Morgan fingerprint density at radius 1 is 1.00 bits per heavy atom. The van der Waals surface area contributed by atoms with Crippen LogP contribution < -0.4 is 4.72 Å². The molecule has 0 radical (unpaired) electrons. The van der Waals surface area contributed by atoms with Crippen molar-refractivity contribution in [1.82, 2.24) is 9.78 Å². The van der Waals surface area contributed by atoms with Crippen LogP contribution in [-0.2, 0) is 10.0 Å². The summed E-state index contributed by atoms with van der Waals surface area (Å²) in [6, 6.07) is 13.2. The zero-order valence-electron chi connectivity index (χ0n) is 14.1. The van der Waals surface area contributed by atoms with Crippen LogP contribution in [0.4, 0.5) is 10.1 Å². The van der Waals surface area contributed by atoms with E-state index in [4.69, 9.17) is 0 Å². The molecule has 0 bridgehead atoms. The average Bonchev–Trinajstić information content (AvgIpc) is 2.85. The molecule has 0 saturated carbocycles. The molecular formula is C18H18FN3O2S. The lowest BCUT2D eigenvalue weighted by molar-refractivity contribution is 0.597. The molecule has 0 saturated heterocycles. The Labute approximate surface area is 146 Å². The number of nitrogens with one attached hydrogen (secondary N) is 1. The number of nitrogens with zero attached hydrogens (tertiary/aromatic N) is 2. The lowest BCUT2D eigenvalue weighted by atomic mass is 10.2. The fourth-order valence-electron chi connectivity index (χ4n) is 2.69. The van der Waals surface area contributed by atoms with Crippen molar-refractivity contribution < 1.29 is 12.8 Å². The number of rotatable bonds is 4. The lowest BCUT2D eigenvalue weighted by Gasteiger charge is -2.10. The minimum absolute atomic E-state index is 0.0522. The van der Waals surface area contributed by atoms with Gasteiger partial charge in [-0.1, -0.05) is 29.8 Å². The van der Waals surface area contributed by atoms with Crippen LogP contribution in [0.25, 0.3) is 5.69 Å². The van der Waals surface area contributed by atoms with E-state index >= 15 is 0 Å². The number of aryl methyl sites for hydroxylation is 2. The van der Waals surface area contributed by atoms with Gasteiger partial charge in [-0.05, 0) is 45.0 Å². The van der Waals surface area contributed by atoms with Crippen LogP contribution >= 0.6 is 0 Å². The van der Waals surface area contributed by atoms with Gasteiger partial charge in [0, 0.05) is 0 Å². The Bertz CT molecular complexity index is 1020. The van der Waals surface area contributed by atoms with E-state index in [2.05, 4.69) is 9.82 Å². The Morgan fingerprint density at radius 3 is 2.28 bits per heavy atom. The van der Waals surface area contributed by atoms with Crippen LogP contribution in [-0.4, -0.2) is 18.2 Å². The van der Waals surface area contributed by atoms with Gasteiger partial charge in [0.1, 0.15) is 10.7 Å². The summed E-state index contributed by atoms with van der Waals surface area (Å²) in [6.07, 6.45) is 0. The molecule has 0 fully saturated rings. The summed E-state index contributed by atoms with van der Waals surface area (Å²) in [4.78, 5) is 0.0522. The molecule has 7 heteroatoms. The molecule has 130 valence electrons. The van der Waals surface area contributed by atoms with E-state index in [9.17, 15) is 12.8 Å². The van der Waals surface area contributed by atoms with Crippen molar-refractivity contribution in [2.24, 2.45) is 0 Å². The first-order valence-electron chi connectivity index (χ1n) is 7.70. The maximum atomic E-state index is 13.8. The molecule has 1 N–H and O–H groups in total. The summed E-state index contributed by atoms with van der Waals surface area (Å²) in [6.45, 7) is 5.27. The van der Waals surface area contributed by atoms with Crippen molar-refractivity contribution in [2.45, 2.75) is 25.7 Å². The quantitative estimate of drug-likeness (QED) is 0.772. The van der Waals surface area contributed by atoms with E-state index in [1.165, 1.54) is 18.2 Å². The summed E-state index contributed by atoms with van der Waals surface area (Å²) in [5.41, 5.74) is 2.58. The summed E-state index contributed by atoms with van der Waals surface area (Å²) < 4.78 is 43.2. The Kier molecular flexibility index (Phi) is 4.34. The van der Waals surface area contributed by atoms with Crippen molar-refractivity contribution in [2.75, 3.05) is 4.72 Å². The highest BCUT2D eigenvalue weighted by Gasteiger charge is 2.26. The molecule has 3 rings (SSSR count). The van der Waals surface area contributed by atoms with Crippen molar-refractivity contribution >= 4 is 15.7 Å². The summed E-state index contributed by atoms with van der Waals surface area (Å²) >= 11 is 0. The first-order valence-corrected chi connectivity index (χ1v) is 9.18. The molecule has 25 heavy (non-hydrogen) atoms. The second-order valence-corrected chi connectivity index (χ2v) is 7.45. The van der Waals surface area contributed by atoms with Crippen molar-refractivity contribution in [1.29, 1.82) is 0 Å². The van der Waals surface area contributed by atoms with Gasteiger partial charge in [-0.2, -0.15) is 5.10 Å². The van der Waals surface area contributed by atoms with Gasteiger partial charge in [-0.3, -0.25) is 4.72 Å². The Morgan fingerprint density at radius 2 is 1.64 bits per heavy atom. The number of benzene rings is 2. The Hall–Kier alpha value is -2.67. The maximum Gasteiger partial charge on any atom is 0.265 e. The third kappa shape index (κ3) is 3.28. The number of halogens is 1. The zero-order valence-corrected chi connectivity index (χ0v) is 14.9. The van der Waals surface area contributed by atoms with Gasteiger partial charge in [0.05, 0.1) is 22.8 Å². The van der Waals surface area contributed by atoms with Crippen LogP contribution in [0.15, 0.2) is 53.4 Å². The van der Waals surface area contributed by atoms with Gasteiger partial charge in [0.15, 0.2) is 0 Å². The van der Waals surface area contributed by atoms with Crippen molar-refractivity contribution in [3.05, 3.63) is 71.3 Å². The molecule has 1 aromatic heterocycles. The molecule has 0 amide bonds. The van der Waals surface area contributed by atoms with E-state index < -0.39 is 15.8 Å². The molecule has 0 aliphatic rings. The molecule has 0 unspecified atom stereocenters. The van der Waals surface area contributed by atoms with Gasteiger partial charge in [0.25, 0.3) is 10.0 Å². The summed E-state index contributed by atoms with van der Waals surface area (Å²) in [7, 11) is -3.97. The highest BCUT2D eigenvalue weighted by molar-refractivity contribution is 7.92. The molecule has 3 aromatic rings. The van der Waals surface area contributed by atoms with Gasteiger partial charge < -0.3 is 0 Å². The van der Waals surface area contributed by atoms with Gasteiger partial charge in [-0.15, -0.1) is 0 Å². The molecule has 0 aliphatic carbocycles. The first-order chi connectivity index (χ1) is 11.8. The van der Waals surface area contributed by atoms with E-state index in [1.807, 2.05) is 31.2 Å². The first kappa shape index (κ1) is 17.2. The predicted octanol–water partition coefficient (Wildman–Crippen LogP) is 3.74. The number of hydrogen-bond donors (Lipinski definition) is 1. The van der Waals surface area contributed by atoms with Crippen LogP contribution in [0.2, 0.25) is 0 Å². The minimum atomic E-state index is -3.97. The van der Waals surface area contributed by atoms with Gasteiger partial charge in [0.2, 0.25) is 0 Å². The third-order valence-electron chi connectivity index (χ3n) is 3.89. The molecule has 0 spiro atoms. The van der Waals surface area contributed by atoms with Crippen LogP contribution in [0.3, 0.4) is 0 Å². The summed E-state index contributed by atoms with van der Waals surface area (Å²) in [5, 5.41) is 4.34. The van der Waals surface area contributed by atoms with Crippen molar-refractivity contribution in [3.63, 3.8) is 0 Å². The van der Waals surface area contributed by atoms with Crippen LogP contribution in [0.5, 0.6) is 0 Å². The van der Waals surface area contributed by atoms with E-state index in [0.717, 1.165) is 11.3 Å². The fourth-order valence-corrected chi connectivity index (χ4v) is 4.16. The van der Waals surface area contributed by atoms with Crippen LogP contribution in [0.1, 0.15) is 17.0 Å². The highest BCUT2D eigenvalue weighted by Crippen LogP contribution is 2.25. The number of hydrogen-bond acceptors (Lipinski definition) is 3. The highest BCUT2D eigenvalue weighted by atomic mass is 32.2. The number of aromatic nitrogens is 2. The summed E-state index contributed by atoms with van der Waals surface area (Å²) in [5.74, 6) is -0.632. The molecule has 5 nitrogen and oxygen atoms in total. The van der Waals surface area contributed by atoms with Gasteiger partial charge in [-0.25, -0.2) is 17.5 Å². The second-order valence-electron chi connectivity index (χ2n) is 5.83. The molecule has 1 heterocycles. The van der Waals surface area contributed by atoms with E-state index in [-0.39, 0.29) is 10.6 Å². The monoisotopic (exact) mass is 359 g/mol. The molecule has 0 aliphatic heterocycles. The third-order valence-corrected chi connectivity index (χ3v) is 5.51. The SMILES string of the molecule is Cc1ccc(-n2nc(C)c(S(=O)(=O)Nc3ccccc3F)c2C)cc1. The van der Waals surface area contributed by atoms with Gasteiger partial charge >= 0.3 is 0 Å². The average molecular weight is 359 g/mol. The lowest BCUT2D eigenvalue weighted by Crippen LogP contribution is -2.15. The second kappa shape index (κ2) is 6.33. The maximum absolute atomic E-state index is 13.8. The molecule has 2 aromatic carbocycles. The fraction of sp³-hybridized carbons (Fsp3) is 0.167. The molecule has 0 atom stereocenters.